The monoisotopic (exact) mass is 404 g/mol. The van der Waals surface area contributed by atoms with Crippen LogP contribution in [0.2, 0.25) is 0 Å². The van der Waals surface area contributed by atoms with Crippen LogP contribution in [-0.2, 0) is 4.79 Å². The smallest absolute Gasteiger partial charge is 0.254 e. The van der Waals surface area contributed by atoms with Crippen molar-refractivity contribution in [2.75, 3.05) is 19.6 Å². The fraction of sp³-hybridized carbons (Fsp3) is 0.227. The predicted molar refractivity (Wildman–Crippen MR) is 114 cm³/mol. The van der Waals surface area contributed by atoms with Crippen molar-refractivity contribution in [1.29, 1.82) is 10.7 Å². The van der Waals surface area contributed by atoms with Gasteiger partial charge in [-0.1, -0.05) is 18.2 Å². The first-order valence-corrected chi connectivity index (χ1v) is 9.55. The molecule has 6 N–H and O–H groups in total. The van der Waals surface area contributed by atoms with Gasteiger partial charge in [0, 0.05) is 24.7 Å². The zero-order valence-corrected chi connectivity index (χ0v) is 16.5. The topological polar surface area (TPSA) is 141 Å². The number of rotatable bonds is 8. The van der Waals surface area contributed by atoms with Crippen molar-refractivity contribution in [2.24, 2.45) is 11.5 Å². The zero-order valence-electron chi connectivity index (χ0n) is 16.5. The van der Waals surface area contributed by atoms with Crippen LogP contribution in [0.15, 0.2) is 66.0 Å². The van der Waals surface area contributed by atoms with E-state index in [1.54, 1.807) is 24.3 Å². The molecule has 0 spiro atoms. The lowest BCUT2D eigenvalue weighted by Crippen LogP contribution is -2.38. The number of nitrogens with one attached hydrogen (secondary N) is 2. The maximum absolute atomic E-state index is 12.0. The molecular weight excluding hydrogens is 380 g/mol. The molecule has 1 unspecified atom stereocenters. The lowest BCUT2D eigenvalue weighted by Gasteiger charge is -2.18. The molecule has 0 saturated carbocycles. The predicted octanol–water partition coefficient (Wildman–Crippen LogP) is 1.69. The van der Waals surface area contributed by atoms with Crippen molar-refractivity contribution >= 4 is 11.6 Å². The Bertz CT molecular complexity index is 979. The largest absolute Gasteiger partial charge is 0.457 e. The molecule has 30 heavy (non-hydrogen) atoms. The Morgan fingerprint density at radius 3 is 2.47 bits per heavy atom. The number of ether oxygens (including phenoxy) is 1. The van der Waals surface area contributed by atoms with Gasteiger partial charge in [-0.05, 0) is 42.8 Å². The van der Waals surface area contributed by atoms with E-state index < -0.39 is 5.91 Å². The van der Waals surface area contributed by atoms with Crippen molar-refractivity contribution in [3.05, 3.63) is 71.6 Å². The maximum atomic E-state index is 12.0. The summed E-state index contributed by atoms with van der Waals surface area (Å²) in [6.07, 6.45) is 0.785. The van der Waals surface area contributed by atoms with Crippen molar-refractivity contribution in [3.63, 3.8) is 0 Å². The van der Waals surface area contributed by atoms with Crippen LogP contribution in [-0.4, -0.2) is 42.2 Å². The summed E-state index contributed by atoms with van der Waals surface area (Å²) in [5.41, 5.74) is 12.0. The molecule has 0 aromatic heterocycles. The molecule has 154 valence electrons. The molecule has 1 atom stereocenters. The highest BCUT2D eigenvalue weighted by molar-refractivity contribution is 6.26. The SMILES string of the molecule is N#CCN1CCC(N/C(N)=C(\C(=N)c2ccc(Oc3ccccc3)cc2)C(N)=O)C1. The number of benzene rings is 2. The van der Waals surface area contributed by atoms with Crippen LogP contribution in [0.3, 0.4) is 0 Å². The van der Waals surface area contributed by atoms with Gasteiger partial charge in [0.25, 0.3) is 5.91 Å². The number of amides is 1. The normalized spacial score (nSPS) is 17.0. The number of hydrogen-bond donors (Lipinski definition) is 4. The van der Waals surface area contributed by atoms with Gasteiger partial charge < -0.3 is 21.5 Å². The fourth-order valence-electron chi connectivity index (χ4n) is 3.34. The fourth-order valence-corrected chi connectivity index (χ4v) is 3.34. The number of carbonyl (C=O) groups is 1. The van der Waals surface area contributed by atoms with Crippen LogP contribution in [0.5, 0.6) is 11.5 Å². The third-order valence-corrected chi connectivity index (χ3v) is 4.81. The van der Waals surface area contributed by atoms with E-state index in [4.69, 9.17) is 26.9 Å². The summed E-state index contributed by atoms with van der Waals surface area (Å²) in [5.74, 6) is 0.605. The van der Waals surface area contributed by atoms with Crippen LogP contribution < -0.4 is 21.5 Å². The third-order valence-electron chi connectivity index (χ3n) is 4.81. The number of hydrogen-bond acceptors (Lipinski definition) is 7. The lowest BCUT2D eigenvalue weighted by atomic mass is 10.0. The van der Waals surface area contributed by atoms with Gasteiger partial charge in [0.1, 0.15) is 22.9 Å². The van der Waals surface area contributed by atoms with E-state index in [1.807, 2.05) is 35.2 Å². The number of primary amides is 1. The van der Waals surface area contributed by atoms with Gasteiger partial charge in [0.05, 0.1) is 18.3 Å². The number of nitrogens with zero attached hydrogens (tertiary/aromatic N) is 2. The molecule has 1 aliphatic heterocycles. The second-order valence-corrected chi connectivity index (χ2v) is 6.99. The van der Waals surface area contributed by atoms with Gasteiger partial charge in [-0.15, -0.1) is 0 Å². The Kier molecular flexibility index (Phi) is 6.67. The van der Waals surface area contributed by atoms with Crippen molar-refractivity contribution in [3.8, 4) is 17.6 Å². The molecule has 1 aliphatic rings. The first kappa shape index (κ1) is 20.9. The summed E-state index contributed by atoms with van der Waals surface area (Å²) in [5, 5.41) is 20.3. The highest BCUT2D eigenvalue weighted by Crippen LogP contribution is 2.22. The molecule has 1 amide bonds. The van der Waals surface area contributed by atoms with Crippen molar-refractivity contribution < 1.29 is 9.53 Å². The molecule has 1 heterocycles. The minimum atomic E-state index is -0.776. The Balaban J connectivity index is 1.72. The Morgan fingerprint density at radius 2 is 1.83 bits per heavy atom. The first-order chi connectivity index (χ1) is 14.5. The van der Waals surface area contributed by atoms with Gasteiger partial charge in [-0.25, -0.2) is 0 Å². The van der Waals surface area contributed by atoms with E-state index in [0.717, 1.165) is 13.0 Å². The Labute approximate surface area is 175 Å². The average Bonchev–Trinajstić information content (AvgIpc) is 3.16. The number of para-hydroxylation sites is 1. The van der Waals surface area contributed by atoms with Crippen LogP contribution in [0.1, 0.15) is 12.0 Å². The molecule has 8 heteroatoms. The van der Waals surface area contributed by atoms with Gasteiger partial charge in [0.15, 0.2) is 0 Å². The summed E-state index contributed by atoms with van der Waals surface area (Å²) in [7, 11) is 0. The van der Waals surface area contributed by atoms with Gasteiger partial charge >= 0.3 is 0 Å². The number of nitriles is 1. The van der Waals surface area contributed by atoms with E-state index in [9.17, 15) is 4.79 Å². The van der Waals surface area contributed by atoms with E-state index in [2.05, 4.69) is 11.4 Å². The Hall–Kier alpha value is -3.83. The maximum Gasteiger partial charge on any atom is 0.254 e. The molecule has 1 saturated heterocycles. The Morgan fingerprint density at radius 1 is 1.17 bits per heavy atom. The second kappa shape index (κ2) is 9.58. The van der Waals surface area contributed by atoms with Crippen molar-refractivity contribution in [2.45, 2.75) is 12.5 Å². The van der Waals surface area contributed by atoms with Gasteiger partial charge in [-0.2, -0.15) is 5.26 Å². The molecule has 2 aromatic rings. The number of likely N-dealkylation sites (tertiary alicyclic amines) is 1. The molecule has 0 aliphatic carbocycles. The molecule has 0 bridgehead atoms. The van der Waals surface area contributed by atoms with Crippen molar-refractivity contribution in [1.82, 2.24) is 10.2 Å². The quantitative estimate of drug-likeness (QED) is 0.300. The summed E-state index contributed by atoms with van der Waals surface area (Å²) in [4.78, 5) is 14.0. The highest BCUT2D eigenvalue weighted by Gasteiger charge is 2.25. The molecule has 3 rings (SSSR count). The molecule has 0 radical (unpaired) electrons. The molecule has 2 aromatic carbocycles. The van der Waals surface area contributed by atoms with E-state index in [1.165, 1.54) is 0 Å². The van der Waals surface area contributed by atoms with Gasteiger partial charge in [-0.3, -0.25) is 15.1 Å². The highest BCUT2D eigenvalue weighted by atomic mass is 16.5. The zero-order chi connectivity index (χ0) is 21.5. The van der Waals surface area contributed by atoms with Gasteiger partial charge in [0.2, 0.25) is 0 Å². The third kappa shape index (κ3) is 5.16. The average molecular weight is 404 g/mol. The molecule has 1 fully saturated rings. The minimum Gasteiger partial charge on any atom is -0.457 e. The number of nitrogens with two attached hydrogens (primary N) is 2. The summed E-state index contributed by atoms with van der Waals surface area (Å²) in [6, 6.07) is 18.3. The van der Waals surface area contributed by atoms with Crippen LogP contribution in [0.4, 0.5) is 0 Å². The standard InChI is InChI=1S/C22H24N6O2/c23-11-13-28-12-10-16(14-28)27-21(25)19(22(26)29)20(24)15-6-8-18(9-7-15)30-17-4-2-1-3-5-17/h1-9,16,24,27H,10,12-14,25H2,(H2,26,29)/b21-19+,24-20?. The first-order valence-electron chi connectivity index (χ1n) is 9.55. The molecule has 8 nitrogen and oxygen atoms in total. The number of carbonyl (C=O) groups excluding carboxylic acids is 1. The van der Waals surface area contributed by atoms with Crippen LogP contribution >= 0.6 is 0 Å². The summed E-state index contributed by atoms with van der Waals surface area (Å²) < 4.78 is 5.75. The van der Waals surface area contributed by atoms with E-state index in [-0.39, 0.29) is 23.1 Å². The molecular formula is C22H24N6O2. The minimum absolute atomic E-state index is 0.0119. The summed E-state index contributed by atoms with van der Waals surface area (Å²) in [6.45, 7) is 1.75. The van der Waals surface area contributed by atoms with Crippen LogP contribution in [0.25, 0.3) is 0 Å². The summed E-state index contributed by atoms with van der Waals surface area (Å²) >= 11 is 0. The van der Waals surface area contributed by atoms with Crippen LogP contribution in [0, 0.1) is 16.7 Å². The van der Waals surface area contributed by atoms with E-state index in [0.29, 0.717) is 30.2 Å². The lowest BCUT2D eigenvalue weighted by molar-refractivity contribution is -0.114. The van der Waals surface area contributed by atoms with E-state index >= 15 is 0 Å². The second-order valence-electron chi connectivity index (χ2n) is 6.99.